The molecule has 2 aromatic carbocycles. The molecule has 0 unspecified atom stereocenters. The fourth-order valence-electron chi connectivity index (χ4n) is 2.54. The van der Waals surface area contributed by atoms with Gasteiger partial charge in [-0.25, -0.2) is 0 Å². The van der Waals surface area contributed by atoms with Crippen molar-refractivity contribution in [3.63, 3.8) is 0 Å². The van der Waals surface area contributed by atoms with Crippen molar-refractivity contribution < 1.29 is 4.79 Å². The summed E-state index contributed by atoms with van der Waals surface area (Å²) in [5.74, 6) is 0.175. The molecule has 0 spiro atoms. The Morgan fingerprint density at radius 2 is 1.82 bits per heavy atom. The molecule has 84 valence electrons. The Hall–Kier alpha value is -1.89. The largest absolute Gasteiger partial charge is 0.289 e. The zero-order valence-electron chi connectivity index (χ0n) is 10.1. The first-order valence-electron chi connectivity index (χ1n) is 5.89. The lowest BCUT2D eigenvalue weighted by molar-refractivity contribution is 0.103. The average molecular weight is 222 g/mol. The Labute approximate surface area is 101 Å². The molecule has 0 N–H and O–H groups in total. The maximum absolute atomic E-state index is 12.4. The van der Waals surface area contributed by atoms with Gasteiger partial charge in [-0.15, -0.1) is 0 Å². The summed E-state index contributed by atoms with van der Waals surface area (Å²) in [5.41, 5.74) is 6.46. The van der Waals surface area contributed by atoms with E-state index in [4.69, 9.17) is 0 Å². The van der Waals surface area contributed by atoms with Gasteiger partial charge < -0.3 is 0 Å². The van der Waals surface area contributed by atoms with Crippen LogP contribution in [0.15, 0.2) is 36.4 Å². The molecule has 1 aliphatic rings. The maximum atomic E-state index is 12.4. The molecule has 0 atom stereocenters. The Balaban J connectivity index is 2.25. The molecule has 17 heavy (non-hydrogen) atoms. The fourth-order valence-corrected chi connectivity index (χ4v) is 2.54. The minimum absolute atomic E-state index is 0.175. The molecule has 1 nitrogen and oxygen atoms in total. The lowest BCUT2D eigenvalue weighted by Gasteiger charge is -2.20. The van der Waals surface area contributed by atoms with Crippen molar-refractivity contribution in [2.45, 2.75) is 20.3 Å². The molecular weight excluding hydrogens is 208 g/mol. The lowest BCUT2D eigenvalue weighted by Crippen LogP contribution is -2.16. The normalized spacial score (nSPS) is 13.2. The van der Waals surface area contributed by atoms with Gasteiger partial charge in [0.2, 0.25) is 0 Å². The van der Waals surface area contributed by atoms with E-state index in [0.717, 1.165) is 28.7 Å². The van der Waals surface area contributed by atoms with Gasteiger partial charge in [-0.1, -0.05) is 35.9 Å². The van der Waals surface area contributed by atoms with Crippen molar-refractivity contribution >= 4 is 5.78 Å². The van der Waals surface area contributed by atoms with Crippen LogP contribution < -0.4 is 0 Å². The summed E-state index contributed by atoms with van der Waals surface area (Å²) in [4.78, 5) is 12.4. The van der Waals surface area contributed by atoms with Crippen molar-refractivity contribution in [3.8, 4) is 0 Å². The topological polar surface area (TPSA) is 17.1 Å². The minimum atomic E-state index is 0.175. The summed E-state index contributed by atoms with van der Waals surface area (Å²) in [6.45, 7) is 4.10. The van der Waals surface area contributed by atoms with Gasteiger partial charge in [0.15, 0.2) is 5.78 Å². The average Bonchev–Trinajstić information content (AvgIpc) is 2.32. The van der Waals surface area contributed by atoms with Crippen LogP contribution in [0.5, 0.6) is 0 Å². The lowest BCUT2D eigenvalue weighted by atomic mass is 9.82. The third-order valence-corrected chi connectivity index (χ3v) is 3.53. The number of hydrogen-bond donors (Lipinski definition) is 0. The van der Waals surface area contributed by atoms with E-state index in [0.29, 0.717) is 0 Å². The Morgan fingerprint density at radius 3 is 2.65 bits per heavy atom. The third kappa shape index (κ3) is 1.50. The van der Waals surface area contributed by atoms with Gasteiger partial charge in [0.05, 0.1) is 0 Å². The second-order valence-corrected chi connectivity index (χ2v) is 4.77. The molecule has 3 rings (SSSR count). The van der Waals surface area contributed by atoms with E-state index in [9.17, 15) is 4.79 Å². The first kappa shape index (κ1) is 10.3. The fraction of sp³-hybridized carbons (Fsp3) is 0.188. The highest BCUT2D eigenvalue weighted by atomic mass is 16.1. The van der Waals surface area contributed by atoms with Crippen LogP contribution in [0.3, 0.4) is 0 Å². The molecule has 0 radical (unpaired) electrons. The van der Waals surface area contributed by atoms with Crippen molar-refractivity contribution in [1.82, 2.24) is 0 Å². The zero-order chi connectivity index (χ0) is 12.0. The molecule has 0 aromatic heterocycles. The van der Waals surface area contributed by atoms with Gasteiger partial charge in [-0.3, -0.25) is 4.79 Å². The predicted molar refractivity (Wildman–Crippen MR) is 68.6 cm³/mol. The molecular formula is C16H14O. The van der Waals surface area contributed by atoms with Crippen LogP contribution in [-0.2, 0) is 6.42 Å². The molecule has 0 bridgehead atoms. The van der Waals surface area contributed by atoms with Crippen LogP contribution in [-0.4, -0.2) is 5.78 Å². The van der Waals surface area contributed by atoms with E-state index >= 15 is 0 Å². The number of hydrogen-bond acceptors (Lipinski definition) is 1. The van der Waals surface area contributed by atoms with Gasteiger partial charge in [0.1, 0.15) is 0 Å². The van der Waals surface area contributed by atoms with Gasteiger partial charge in [0.25, 0.3) is 0 Å². The zero-order valence-corrected chi connectivity index (χ0v) is 10.1. The first-order chi connectivity index (χ1) is 8.16. The molecule has 1 aliphatic carbocycles. The second-order valence-electron chi connectivity index (χ2n) is 4.77. The van der Waals surface area contributed by atoms with E-state index in [2.05, 4.69) is 25.1 Å². The van der Waals surface area contributed by atoms with Crippen molar-refractivity contribution in [1.29, 1.82) is 0 Å². The van der Waals surface area contributed by atoms with E-state index in [-0.39, 0.29) is 5.78 Å². The SMILES string of the molecule is Cc1ccc2c(c1)C(=O)c1cccc(C)c1C2. The van der Waals surface area contributed by atoms with E-state index in [1.165, 1.54) is 11.1 Å². The van der Waals surface area contributed by atoms with E-state index in [1.54, 1.807) is 0 Å². The van der Waals surface area contributed by atoms with Gasteiger partial charge in [0, 0.05) is 11.1 Å². The number of benzene rings is 2. The third-order valence-electron chi connectivity index (χ3n) is 3.53. The molecule has 0 fully saturated rings. The smallest absolute Gasteiger partial charge is 0.193 e. The van der Waals surface area contributed by atoms with Gasteiger partial charge in [-0.2, -0.15) is 0 Å². The number of fused-ring (bicyclic) bond motifs is 2. The summed E-state index contributed by atoms with van der Waals surface area (Å²) in [7, 11) is 0. The van der Waals surface area contributed by atoms with E-state index in [1.807, 2.05) is 25.1 Å². The van der Waals surface area contributed by atoms with Crippen LogP contribution in [0, 0.1) is 13.8 Å². The second kappa shape index (κ2) is 3.56. The number of aryl methyl sites for hydroxylation is 2. The summed E-state index contributed by atoms with van der Waals surface area (Å²) in [6.07, 6.45) is 0.878. The number of ketones is 1. The molecule has 0 saturated carbocycles. The highest BCUT2D eigenvalue weighted by Crippen LogP contribution is 2.29. The molecule has 0 heterocycles. The molecule has 0 saturated heterocycles. The summed E-state index contributed by atoms with van der Waals surface area (Å²) < 4.78 is 0. The maximum Gasteiger partial charge on any atom is 0.193 e. The summed E-state index contributed by atoms with van der Waals surface area (Å²) >= 11 is 0. The number of carbonyl (C=O) groups excluding carboxylic acids is 1. The highest BCUT2D eigenvalue weighted by molar-refractivity contribution is 6.12. The van der Waals surface area contributed by atoms with Crippen LogP contribution in [0.25, 0.3) is 0 Å². The van der Waals surface area contributed by atoms with Gasteiger partial charge >= 0.3 is 0 Å². The number of rotatable bonds is 0. The molecule has 0 aliphatic heterocycles. The van der Waals surface area contributed by atoms with Crippen LogP contribution in [0.2, 0.25) is 0 Å². The molecule has 2 aromatic rings. The molecule has 1 heteroatoms. The minimum Gasteiger partial charge on any atom is -0.289 e. The quantitative estimate of drug-likeness (QED) is 0.569. The predicted octanol–water partition coefficient (Wildman–Crippen LogP) is 3.44. The number of carbonyl (C=O) groups is 1. The summed E-state index contributed by atoms with van der Waals surface area (Å²) in [6, 6.07) is 12.1. The Kier molecular flexibility index (Phi) is 2.15. The van der Waals surface area contributed by atoms with Crippen molar-refractivity contribution in [2.24, 2.45) is 0 Å². The Bertz CT molecular complexity index is 619. The standard InChI is InChI=1S/C16H14O/c1-10-6-7-12-9-14-11(2)4-3-5-13(14)16(17)15(12)8-10/h3-8H,9H2,1-2H3. The van der Waals surface area contributed by atoms with E-state index < -0.39 is 0 Å². The Morgan fingerprint density at radius 1 is 1.00 bits per heavy atom. The first-order valence-corrected chi connectivity index (χ1v) is 5.89. The summed E-state index contributed by atoms with van der Waals surface area (Å²) in [5, 5.41) is 0. The van der Waals surface area contributed by atoms with Crippen LogP contribution >= 0.6 is 0 Å². The van der Waals surface area contributed by atoms with Crippen molar-refractivity contribution in [3.05, 3.63) is 69.8 Å². The van der Waals surface area contributed by atoms with Crippen LogP contribution in [0.1, 0.15) is 38.2 Å². The monoisotopic (exact) mass is 222 g/mol. The molecule has 0 amide bonds. The van der Waals surface area contributed by atoms with Crippen molar-refractivity contribution in [2.75, 3.05) is 0 Å². The van der Waals surface area contributed by atoms with Crippen LogP contribution in [0.4, 0.5) is 0 Å². The highest BCUT2D eigenvalue weighted by Gasteiger charge is 2.23. The van der Waals surface area contributed by atoms with Gasteiger partial charge in [-0.05, 0) is 43.0 Å².